The summed E-state index contributed by atoms with van der Waals surface area (Å²) in [6.45, 7) is 2.11. The second kappa shape index (κ2) is 7.12. The summed E-state index contributed by atoms with van der Waals surface area (Å²) in [5, 5.41) is 8.56. The Hall–Kier alpha value is -0.220. The van der Waals surface area contributed by atoms with Gasteiger partial charge in [-0.25, -0.2) is 0 Å². The van der Waals surface area contributed by atoms with Gasteiger partial charge in [-0.1, -0.05) is 0 Å². The molecule has 0 bridgehead atoms. The Bertz CT molecular complexity index is 170. The van der Waals surface area contributed by atoms with Gasteiger partial charge in [0, 0.05) is 31.0 Å². The number of rotatable bonds is 5. The Balaban J connectivity index is 2.07. The number of nitrogens with zero attached hydrogens (tertiary/aromatic N) is 1. The minimum Gasteiger partial charge on any atom is -0.396 e. The van der Waals surface area contributed by atoms with Crippen LogP contribution >= 0.6 is 11.8 Å². The quantitative estimate of drug-likeness (QED) is 0.701. The first-order valence-corrected chi connectivity index (χ1v) is 6.46. The molecule has 0 aromatic heterocycles. The summed E-state index contributed by atoms with van der Waals surface area (Å²) in [6, 6.07) is 0. The van der Waals surface area contributed by atoms with Gasteiger partial charge >= 0.3 is 0 Å². The van der Waals surface area contributed by atoms with Crippen molar-refractivity contribution in [2.45, 2.75) is 25.7 Å². The molecule has 0 spiro atoms. The molecule has 14 heavy (non-hydrogen) atoms. The number of piperidine rings is 1. The van der Waals surface area contributed by atoms with Gasteiger partial charge in [0.2, 0.25) is 5.91 Å². The van der Waals surface area contributed by atoms with E-state index in [-0.39, 0.29) is 12.5 Å². The van der Waals surface area contributed by atoms with Crippen LogP contribution < -0.4 is 0 Å². The van der Waals surface area contributed by atoms with Gasteiger partial charge in [-0.05, 0) is 19.3 Å². The highest BCUT2D eigenvalue weighted by Crippen LogP contribution is 2.11. The number of amides is 1. The van der Waals surface area contributed by atoms with Gasteiger partial charge in [-0.3, -0.25) is 4.79 Å². The van der Waals surface area contributed by atoms with E-state index in [1.165, 1.54) is 6.42 Å². The van der Waals surface area contributed by atoms with Gasteiger partial charge in [-0.2, -0.15) is 11.8 Å². The molecule has 1 rings (SSSR count). The van der Waals surface area contributed by atoms with Crippen molar-refractivity contribution in [3.8, 4) is 0 Å². The van der Waals surface area contributed by atoms with E-state index < -0.39 is 0 Å². The molecule has 0 atom stereocenters. The molecule has 4 heteroatoms. The van der Waals surface area contributed by atoms with Gasteiger partial charge in [0.25, 0.3) is 0 Å². The molecule has 0 unspecified atom stereocenters. The fraction of sp³-hybridized carbons (Fsp3) is 0.900. The average Bonchev–Trinajstić information content (AvgIpc) is 2.25. The second-order valence-electron chi connectivity index (χ2n) is 3.53. The number of thioether (sulfide) groups is 1. The summed E-state index contributed by atoms with van der Waals surface area (Å²) in [6.07, 6.45) is 4.22. The number of aliphatic hydroxyl groups excluding tert-OH is 1. The predicted molar refractivity (Wildman–Crippen MR) is 59.5 cm³/mol. The first kappa shape index (κ1) is 11.9. The Kier molecular flexibility index (Phi) is 6.03. The third-order valence-corrected chi connectivity index (χ3v) is 3.37. The maximum Gasteiger partial charge on any atom is 0.223 e. The predicted octanol–water partition coefficient (Wildman–Crippen LogP) is 1.11. The average molecular weight is 217 g/mol. The molecule has 1 amide bonds. The molecule has 3 nitrogen and oxygen atoms in total. The van der Waals surface area contributed by atoms with Crippen molar-refractivity contribution >= 4 is 17.7 Å². The monoisotopic (exact) mass is 217 g/mol. The molecule has 1 aliphatic heterocycles. The van der Waals surface area contributed by atoms with Crippen LogP contribution in [-0.4, -0.2) is 47.1 Å². The molecular weight excluding hydrogens is 198 g/mol. The van der Waals surface area contributed by atoms with Crippen LogP contribution in [0.1, 0.15) is 25.7 Å². The van der Waals surface area contributed by atoms with Crippen LogP contribution in [0.5, 0.6) is 0 Å². The SMILES string of the molecule is O=C(CCSCCO)N1CCCCC1. The fourth-order valence-corrected chi connectivity index (χ4v) is 2.28. The van der Waals surface area contributed by atoms with E-state index in [9.17, 15) is 4.79 Å². The molecule has 0 aromatic carbocycles. The van der Waals surface area contributed by atoms with E-state index in [2.05, 4.69) is 0 Å². The van der Waals surface area contributed by atoms with Crippen molar-refractivity contribution in [2.24, 2.45) is 0 Å². The van der Waals surface area contributed by atoms with Crippen molar-refractivity contribution in [3.63, 3.8) is 0 Å². The molecule has 1 saturated heterocycles. The number of hydrogen-bond donors (Lipinski definition) is 1. The Morgan fingerprint density at radius 2 is 1.93 bits per heavy atom. The van der Waals surface area contributed by atoms with Gasteiger partial charge in [0.1, 0.15) is 0 Å². The van der Waals surface area contributed by atoms with Gasteiger partial charge in [0.15, 0.2) is 0 Å². The minimum atomic E-state index is 0.211. The summed E-state index contributed by atoms with van der Waals surface area (Å²) in [5.74, 6) is 1.87. The van der Waals surface area contributed by atoms with Crippen LogP contribution in [0.15, 0.2) is 0 Å². The normalized spacial score (nSPS) is 17.1. The lowest BCUT2D eigenvalue weighted by atomic mass is 10.1. The highest BCUT2D eigenvalue weighted by atomic mass is 32.2. The van der Waals surface area contributed by atoms with E-state index in [1.54, 1.807) is 11.8 Å². The lowest BCUT2D eigenvalue weighted by Gasteiger charge is -2.26. The van der Waals surface area contributed by atoms with Crippen LogP contribution in [0.4, 0.5) is 0 Å². The zero-order valence-electron chi connectivity index (χ0n) is 8.57. The molecule has 1 N–H and O–H groups in total. The largest absolute Gasteiger partial charge is 0.396 e. The molecule has 0 aliphatic carbocycles. The van der Waals surface area contributed by atoms with Crippen molar-refractivity contribution < 1.29 is 9.90 Å². The molecule has 1 heterocycles. The van der Waals surface area contributed by atoms with Crippen LogP contribution in [0.25, 0.3) is 0 Å². The van der Waals surface area contributed by atoms with Crippen LogP contribution in [0.2, 0.25) is 0 Å². The third-order valence-electron chi connectivity index (χ3n) is 2.40. The van der Waals surface area contributed by atoms with Gasteiger partial charge < -0.3 is 10.0 Å². The lowest BCUT2D eigenvalue weighted by Crippen LogP contribution is -2.35. The first-order valence-electron chi connectivity index (χ1n) is 5.31. The standard InChI is InChI=1S/C10H19NO2S/c12-7-9-14-8-4-10(13)11-5-2-1-3-6-11/h12H,1-9H2. The minimum absolute atomic E-state index is 0.211. The van der Waals surface area contributed by atoms with Crippen molar-refractivity contribution in [2.75, 3.05) is 31.2 Å². The zero-order chi connectivity index (χ0) is 10.2. The lowest BCUT2D eigenvalue weighted by molar-refractivity contribution is -0.131. The van der Waals surface area contributed by atoms with Crippen molar-refractivity contribution in [1.82, 2.24) is 4.90 Å². The van der Waals surface area contributed by atoms with Gasteiger partial charge in [0.05, 0.1) is 6.61 Å². The molecular formula is C10H19NO2S. The molecule has 0 aromatic rings. The Morgan fingerprint density at radius 3 is 2.57 bits per heavy atom. The van der Waals surface area contributed by atoms with E-state index in [0.717, 1.165) is 37.4 Å². The molecule has 82 valence electrons. The zero-order valence-corrected chi connectivity index (χ0v) is 9.39. The van der Waals surface area contributed by atoms with Crippen molar-refractivity contribution in [3.05, 3.63) is 0 Å². The smallest absolute Gasteiger partial charge is 0.223 e. The Morgan fingerprint density at radius 1 is 1.21 bits per heavy atom. The summed E-state index contributed by atoms with van der Waals surface area (Å²) < 4.78 is 0. The number of likely N-dealkylation sites (tertiary alicyclic amines) is 1. The maximum atomic E-state index is 11.6. The summed E-state index contributed by atoms with van der Waals surface area (Å²) in [5.41, 5.74) is 0. The van der Waals surface area contributed by atoms with Crippen LogP contribution in [0.3, 0.4) is 0 Å². The number of hydrogen-bond acceptors (Lipinski definition) is 3. The second-order valence-corrected chi connectivity index (χ2v) is 4.75. The first-order chi connectivity index (χ1) is 6.84. The van der Waals surface area contributed by atoms with Crippen LogP contribution in [-0.2, 0) is 4.79 Å². The summed E-state index contributed by atoms with van der Waals surface area (Å²) in [7, 11) is 0. The van der Waals surface area contributed by atoms with Gasteiger partial charge in [-0.15, -0.1) is 0 Å². The molecule has 1 fully saturated rings. The number of aliphatic hydroxyl groups is 1. The van der Waals surface area contributed by atoms with Crippen LogP contribution in [0, 0.1) is 0 Å². The Labute approximate surface area is 89.9 Å². The fourth-order valence-electron chi connectivity index (χ4n) is 1.63. The third kappa shape index (κ3) is 4.33. The highest BCUT2D eigenvalue weighted by molar-refractivity contribution is 7.99. The molecule has 0 radical (unpaired) electrons. The van der Waals surface area contributed by atoms with Crippen molar-refractivity contribution in [1.29, 1.82) is 0 Å². The van der Waals surface area contributed by atoms with E-state index >= 15 is 0 Å². The number of carbonyl (C=O) groups is 1. The summed E-state index contributed by atoms with van der Waals surface area (Å²) >= 11 is 1.65. The highest BCUT2D eigenvalue weighted by Gasteiger charge is 2.15. The topological polar surface area (TPSA) is 40.5 Å². The van der Waals surface area contributed by atoms with E-state index in [0.29, 0.717) is 6.42 Å². The maximum absolute atomic E-state index is 11.6. The van der Waals surface area contributed by atoms with E-state index in [1.807, 2.05) is 4.90 Å². The summed E-state index contributed by atoms with van der Waals surface area (Å²) in [4.78, 5) is 13.6. The number of carbonyl (C=O) groups excluding carboxylic acids is 1. The molecule has 0 saturated carbocycles. The van der Waals surface area contributed by atoms with E-state index in [4.69, 9.17) is 5.11 Å². The molecule has 1 aliphatic rings.